The van der Waals surface area contributed by atoms with Gasteiger partial charge in [-0.15, -0.1) is 0 Å². The van der Waals surface area contributed by atoms with Crippen LogP contribution < -0.4 is 20.1 Å². The summed E-state index contributed by atoms with van der Waals surface area (Å²) in [5, 5.41) is 6.55. The molecule has 11 heteroatoms. The van der Waals surface area contributed by atoms with Crippen LogP contribution in [0.25, 0.3) is 0 Å². The number of ether oxygens (including phenoxy) is 2. The number of hydrogen-bond donors (Lipinski definition) is 2. The van der Waals surface area contributed by atoms with E-state index in [2.05, 4.69) is 30.4 Å². The number of carbonyl (C=O) groups excluding carboxylic acids is 2. The van der Waals surface area contributed by atoms with Crippen LogP contribution in [-0.4, -0.2) is 95.4 Å². The summed E-state index contributed by atoms with van der Waals surface area (Å²) in [4.78, 5) is 42.3. The van der Waals surface area contributed by atoms with Gasteiger partial charge in [0, 0.05) is 75.7 Å². The lowest BCUT2D eigenvalue weighted by Gasteiger charge is -2.42. The SMILES string of the molecule is COc1cc(C(=O)NC2CCC(N3CCN(CC4CC4)CC3)CC2)c(C)cc1Nc1ncc(C)c(Oc2cccc3c2C(=O)N(C)C3)n1. The molecule has 2 N–H and O–H groups in total. The Morgan fingerprint density at radius 2 is 1.75 bits per heavy atom. The molecule has 3 fully saturated rings. The third-order valence-electron chi connectivity index (χ3n) is 10.4. The highest BCUT2D eigenvalue weighted by atomic mass is 16.5. The first-order valence-corrected chi connectivity index (χ1v) is 17.4. The van der Waals surface area contributed by atoms with Gasteiger partial charge in [-0.05, 0) is 87.6 Å². The number of piperazine rings is 1. The number of nitrogens with one attached hydrogen (secondary N) is 2. The Balaban J connectivity index is 0.972. The molecular weight excluding hydrogens is 606 g/mol. The maximum Gasteiger partial charge on any atom is 0.258 e. The predicted molar refractivity (Wildman–Crippen MR) is 184 cm³/mol. The fraction of sp³-hybridized carbons (Fsp3) is 0.514. The van der Waals surface area contributed by atoms with Gasteiger partial charge in [0.2, 0.25) is 11.8 Å². The topological polar surface area (TPSA) is 112 Å². The van der Waals surface area contributed by atoms with Gasteiger partial charge in [-0.1, -0.05) is 12.1 Å². The predicted octanol–water partition coefficient (Wildman–Crippen LogP) is 5.29. The Labute approximate surface area is 283 Å². The highest BCUT2D eigenvalue weighted by molar-refractivity contribution is 6.01. The largest absolute Gasteiger partial charge is 0.495 e. The summed E-state index contributed by atoms with van der Waals surface area (Å²) in [6.45, 7) is 10.4. The number of fused-ring (bicyclic) bond motifs is 1. The van der Waals surface area contributed by atoms with Gasteiger partial charge in [-0.2, -0.15) is 4.98 Å². The highest BCUT2D eigenvalue weighted by Gasteiger charge is 2.32. The molecule has 2 aliphatic heterocycles. The van der Waals surface area contributed by atoms with Crippen molar-refractivity contribution in [3.05, 3.63) is 64.3 Å². The highest BCUT2D eigenvalue weighted by Crippen LogP contribution is 2.36. The summed E-state index contributed by atoms with van der Waals surface area (Å²) in [5.74, 6) is 2.44. The van der Waals surface area contributed by atoms with E-state index in [1.807, 2.05) is 32.0 Å². The van der Waals surface area contributed by atoms with E-state index in [9.17, 15) is 9.59 Å². The average Bonchev–Trinajstić information content (AvgIpc) is 3.85. The molecule has 2 aliphatic carbocycles. The minimum atomic E-state index is -0.0765. The lowest BCUT2D eigenvalue weighted by molar-refractivity contribution is 0.0694. The second kappa shape index (κ2) is 13.7. The van der Waals surface area contributed by atoms with Crippen LogP contribution in [0.2, 0.25) is 0 Å². The first-order chi connectivity index (χ1) is 23.2. The summed E-state index contributed by atoms with van der Waals surface area (Å²) < 4.78 is 11.9. The molecule has 0 bridgehead atoms. The first kappa shape index (κ1) is 32.3. The van der Waals surface area contributed by atoms with Crippen LogP contribution in [0.15, 0.2) is 36.5 Å². The maximum absolute atomic E-state index is 13.5. The molecule has 2 saturated carbocycles. The Morgan fingerprint density at radius 1 is 0.979 bits per heavy atom. The minimum Gasteiger partial charge on any atom is -0.495 e. The molecule has 0 unspecified atom stereocenters. The number of rotatable bonds is 10. The Bertz CT molecular complexity index is 1680. The molecule has 1 aromatic heterocycles. The fourth-order valence-corrected chi connectivity index (χ4v) is 7.39. The molecule has 0 spiro atoms. The Hall–Kier alpha value is -4.22. The van der Waals surface area contributed by atoms with Crippen LogP contribution >= 0.6 is 0 Å². The Kier molecular flexibility index (Phi) is 9.24. The van der Waals surface area contributed by atoms with E-state index >= 15 is 0 Å². The molecule has 0 radical (unpaired) electrons. The molecule has 48 heavy (non-hydrogen) atoms. The van der Waals surface area contributed by atoms with Crippen molar-refractivity contribution in [2.24, 2.45) is 5.92 Å². The molecule has 254 valence electrons. The van der Waals surface area contributed by atoms with E-state index in [-0.39, 0.29) is 17.9 Å². The van der Waals surface area contributed by atoms with Crippen molar-refractivity contribution in [2.45, 2.75) is 71.0 Å². The number of nitrogens with zero attached hydrogens (tertiary/aromatic N) is 5. The summed E-state index contributed by atoms with van der Waals surface area (Å²) in [5.41, 5.74) is 4.26. The summed E-state index contributed by atoms with van der Waals surface area (Å²) in [6, 6.07) is 10.1. The van der Waals surface area contributed by atoms with Crippen LogP contribution in [0, 0.1) is 19.8 Å². The van der Waals surface area contributed by atoms with Crippen molar-refractivity contribution in [3.63, 3.8) is 0 Å². The van der Waals surface area contributed by atoms with Gasteiger partial charge in [0.15, 0.2) is 0 Å². The lowest BCUT2D eigenvalue weighted by atomic mass is 9.89. The monoisotopic (exact) mass is 653 g/mol. The van der Waals surface area contributed by atoms with Crippen molar-refractivity contribution in [3.8, 4) is 17.4 Å². The molecule has 3 aromatic rings. The van der Waals surface area contributed by atoms with Crippen molar-refractivity contribution in [1.82, 2.24) is 30.0 Å². The quantitative estimate of drug-likeness (QED) is 0.302. The van der Waals surface area contributed by atoms with Gasteiger partial charge in [0.25, 0.3) is 11.8 Å². The van der Waals surface area contributed by atoms with Gasteiger partial charge in [-0.25, -0.2) is 4.98 Å². The van der Waals surface area contributed by atoms with Crippen molar-refractivity contribution < 1.29 is 19.1 Å². The number of aromatic nitrogens is 2. The van der Waals surface area contributed by atoms with Crippen molar-refractivity contribution >= 4 is 23.5 Å². The molecule has 2 aromatic carbocycles. The van der Waals surface area contributed by atoms with Gasteiger partial charge < -0.3 is 29.9 Å². The zero-order valence-corrected chi connectivity index (χ0v) is 28.6. The summed E-state index contributed by atoms with van der Waals surface area (Å²) in [7, 11) is 3.36. The van der Waals surface area contributed by atoms with Crippen molar-refractivity contribution in [2.75, 3.05) is 52.2 Å². The van der Waals surface area contributed by atoms with E-state index < -0.39 is 0 Å². The normalized spacial score (nSPS) is 21.6. The molecule has 2 amide bonds. The minimum absolute atomic E-state index is 0.0736. The van der Waals surface area contributed by atoms with Crippen LogP contribution in [0.1, 0.15) is 75.9 Å². The van der Waals surface area contributed by atoms with Gasteiger partial charge in [-0.3, -0.25) is 14.5 Å². The molecule has 4 aliphatic rings. The Morgan fingerprint density at radius 3 is 2.48 bits per heavy atom. The van der Waals surface area contributed by atoms with Crippen LogP contribution in [0.3, 0.4) is 0 Å². The number of aryl methyl sites for hydroxylation is 2. The summed E-state index contributed by atoms with van der Waals surface area (Å²) in [6.07, 6.45) is 8.77. The van der Waals surface area contributed by atoms with E-state index in [1.165, 1.54) is 45.6 Å². The van der Waals surface area contributed by atoms with E-state index in [4.69, 9.17) is 9.47 Å². The second-order valence-electron chi connectivity index (χ2n) is 14.0. The number of hydrogen-bond acceptors (Lipinski definition) is 9. The van der Waals surface area contributed by atoms with Gasteiger partial charge in [0.1, 0.15) is 11.5 Å². The van der Waals surface area contributed by atoms with Crippen molar-refractivity contribution in [1.29, 1.82) is 0 Å². The van der Waals surface area contributed by atoms with Crippen LogP contribution in [0.5, 0.6) is 17.4 Å². The maximum atomic E-state index is 13.5. The van der Waals surface area contributed by atoms with Crippen LogP contribution in [0.4, 0.5) is 11.6 Å². The van der Waals surface area contributed by atoms with E-state index in [0.29, 0.717) is 52.7 Å². The number of benzene rings is 2. The van der Waals surface area contributed by atoms with E-state index in [0.717, 1.165) is 48.3 Å². The number of amides is 2. The van der Waals surface area contributed by atoms with Gasteiger partial charge in [0.05, 0.1) is 18.4 Å². The zero-order valence-electron chi connectivity index (χ0n) is 28.6. The average molecular weight is 654 g/mol. The lowest BCUT2D eigenvalue weighted by Crippen LogP contribution is -2.52. The molecule has 11 nitrogen and oxygen atoms in total. The third kappa shape index (κ3) is 6.98. The smallest absolute Gasteiger partial charge is 0.258 e. The van der Waals surface area contributed by atoms with E-state index in [1.54, 1.807) is 37.4 Å². The molecule has 3 heterocycles. The fourth-order valence-electron chi connectivity index (χ4n) is 7.39. The zero-order chi connectivity index (χ0) is 33.4. The number of anilines is 2. The molecule has 7 rings (SSSR count). The van der Waals surface area contributed by atoms with Gasteiger partial charge >= 0.3 is 0 Å². The third-order valence-corrected chi connectivity index (χ3v) is 10.4. The van der Waals surface area contributed by atoms with Crippen LogP contribution in [-0.2, 0) is 6.54 Å². The molecule has 0 atom stereocenters. The number of carbonyl (C=O) groups is 2. The molecular formula is C37H47N7O4. The first-order valence-electron chi connectivity index (χ1n) is 17.4. The standard InChI is InChI=1S/C37H47N7O4/c1-23-18-30(40-37-38-20-24(2)35(41-37)48-31-7-5-6-26-22-42(3)36(46)33(26)31)32(47-4)19-29(23)34(45)39-27-10-12-28(13-11-27)44-16-14-43(15-17-44)21-25-8-9-25/h5-7,18-20,25,27-28H,8-17,21-22H2,1-4H3,(H,39,45)(H,38,40,41). The summed E-state index contributed by atoms with van der Waals surface area (Å²) >= 11 is 0. The molecule has 1 saturated heterocycles. The second-order valence-corrected chi connectivity index (χ2v) is 14.0. The number of methoxy groups -OCH3 is 1.